The number of anilines is 2. The van der Waals surface area contributed by atoms with Gasteiger partial charge in [0, 0.05) is 28.6 Å². The molecule has 0 fully saturated rings. The third kappa shape index (κ3) is 6.32. The van der Waals surface area contributed by atoms with E-state index in [9.17, 15) is 41.6 Å². The molecule has 3 N–H and O–H groups in total. The number of ether oxygens (including phenoxy) is 1. The van der Waals surface area contributed by atoms with Crippen molar-refractivity contribution in [1.82, 2.24) is 4.57 Å². The molecule has 4 aromatic carbocycles. The Balaban J connectivity index is 1.57. The number of nitrogens with zero attached hydrogens (tertiary/aromatic N) is 3. The van der Waals surface area contributed by atoms with Gasteiger partial charge in [0.05, 0.1) is 40.7 Å². The molecule has 5 rings (SSSR count). The zero-order valence-corrected chi connectivity index (χ0v) is 24.3. The molecule has 0 atom stereocenters. The number of non-ortho nitro benzene ring substituents is 1. The van der Waals surface area contributed by atoms with Crippen LogP contribution in [0.25, 0.3) is 16.5 Å². The summed E-state index contributed by atoms with van der Waals surface area (Å²) < 4.78 is 75.0. The topological polar surface area (TPSA) is 165 Å². The van der Waals surface area contributed by atoms with Crippen molar-refractivity contribution in [2.75, 3.05) is 17.3 Å². The molecule has 0 saturated heterocycles. The van der Waals surface area contributed by atoms with Crippen molar-refractivity contribution < 1.29 is 36.4 Å². The minimum Gasteiger partial charge on any atom is -0.497 e. The Morgan fingerprint density at radius 2 is 1.67 bits per heavy atom. The number of pyridine rings is 1. The van der Waals surface area contributed by atoms with Crippen LogP contribution in [0.15, 0.2) is 106 Å². The number of halogens is 3. The van der Waals surface area contributed by atoms with E-state index in [0.29, 0.717) is 16.4 Å². The predicted octanol–water partition coefficient (Wildman–Crippen LogP) is 5.88. The molecule has 0 spiro atoms. The van der Waals surface area contributed by atoms with E-state index in [2.05, 4.69) is 15.2 Å². The fourth-order valence-corrected chi connectivity index (χ4v) is 5.76. The van der Waals surface area contributed by atoms with Gasteiger partial charge in [-0.3, -0.25) is 25.1 Å². The van der Waals surface area contributed by atoms with Crippen molar-refractivity contribution >= 4 is 44.1 Å². The first-order valence-corrected chi connectivity index (χ1v) is 14.6. The van der Waals surface area contributed by atoms with Crippen LogP contribution in [0, 0.1) is 10.1 Å². The van der Waals surface area contributed by atoms with Crippen molar-refractivity contribution in [3.8, 4) is 17.3 Å². The minimum atomic E-state index is -4.72. The Morgan fingerprint density at radius 1 is 0.978 bits per heavy atom. The summed E-state index contributed by atoms with van der Waals surface area (Å²) in [6, 6.07) is 18.7. The lowest BCUT2D eigenvalue weighted by Gasteiger charge is -2.15. The highest BCUT2D eigenvalue weighted by Gasteiger charge is 2.31. The van der Waals surface area contributed by atoms with E-state index >= 15 is 0 Å². The molecule has 0 saturated carbocycles. The predicted molar refractivity (Wildman–Crippen MR) is 164 cm³/mol. The van der Waals surface area contributed by atoms with Crippen molar-refractivity contribution in [3.05, 3.63) is 123 Å². The van der Waals surface area contributed by atoms with Gasteiger partial charge in [-0.05, 0) is 54.6 Å². The zero-order valence-electron chi connectivity index (χ0n) is 23.5. The van der Waals surface area contributed by atoms with Crippen LogP contribution in [0.5, 0.6) is 11.6 Å². The summed E-state index contributed by atoms with van der Waals surface area (Å²) in [5.41, 5.74) is -0.300. The van der Waals surface area contributed by atoms with Gasteiger partial charge in [0.1, 0.15) is 10.6 Å². The van der Waals surface area contributed by atoms with Crippen molar-refractivity contribution in [2.24, 2.45) is 5.10 Å². The average Bonchev–Trinajstić information content (AvgIpc) is 3.02. The zero-order chi connectivity index (χ0) is 33.2. The van der Waals surface area contributed by atoms with Crippen LogP contribution < -0.4 is 20.4 Å². The number of benzene rings is 4. The summed E-state index contributed by atoms with van der Waals surface area (Å²) in [6.45, 7) is 0. The molecule has 236 valence electrons. The smallest absolute Gasteiger partial charge is 0.416 e. The van der Waals surface area contributed by atoms with E-state index in [-0.39, 0.29) is 33.4 Å². The van der Waals surface area contributed by atoms with E-state index in [1.807, 2.05) is 0 Å². The number of nitro benzene ring substituents is 1. The summed E-state index contributed by atoms with van der Waals surface area (Å²) in [7, 11) is -3.01. The summed E-state index contributed by atoms with van der Waals surface area (Å²) in [5.74, 6) is -0.281. The van der Waals surface area contributed by atoms with E-state index in [1.165, 1.54) is 55.6 Å². The van der Waals surface area contributed by atoms with Crippen LogP contribution in [0.1, 0.15) is 11.1 Å². The number of aromatic nitrogens is 1. The Kier molecular flexibility index (Phi) is 8.39. The third-order valence-electron chi connectivity index (χ3n) is 6.72. The van der Waals surface area contributed by atoms with Gasteiger partial charge >= 0.3 is 6.18 Å². The van der Waals surface area contributed by atoms with Gasteiger partial charge in [-0.15, -0.1) is 0 Å². The molecular formula is C30H22F3N5O7S. The molecule has 16 heteroatoms. The van der Waals surface area contributed by atoms with Crippen LogP contribution in [0.4, 0.5) is 30.2 Å². The fraction of sp³-hybridized carbons (Fsp3) is 0.0667. The molecule has 1 aromatic heterocycles. The normalized spacial score (nSPS) is 11.9. The summed E-state index contributed by atoms with van der Waals surface area (Å²) in [6.07, 6.45) is -3.68. The molecule has 0 aliphatic rings. The molecule has 0 bridgehead atoms. The number of nitro groups is 1. The molecule has 0 amide bonds. The lowest BCUT2D eigenvalue weighted by molar-refractivity contribution is -0.385. The average molecular weight is 654 g/mol. The molecule has 0 aliphatic carbocycles. The van der Waals surface area contributed by atoms with Gasteiger partial charge < -0.3 is 9.84 Å². The molecule has 12 nitrogen and oxygen atoms in total. The Morgan fingerprint density at radius 3 is 2.33 bits per heavy atom. The lowest BCUT2D eigenvalue weighted by atomic mass is 10.1. The highest BCUT2D eigenvalue weighted by Crippen LogP contribution is 2.33. The number of fused-ring (bicyclic) bond motifs is 1. The van der Waals surface area contributed by atoms with E-state index in [0.717, 1.165) is 36.5 Å². The van der Waals surface area contributed by atoms with Crippen LogP contribution in [0.2, 0.25) is 0 Å². The molecule has 46 heavy (non-hydrogen) atoms. The van der Waals surface area contributed by atoms with E-state index < -0.39 is 48.7 Å². The second kappa shape index (κ2) is 12.2. The SMILES string of the molecule is COc1ccc(NS(=O)(=O)c2cc([N+](=O)[O-])ccc2N/N=C/c2c(O)n(-c3cccc(C(F)(F)F)c3)c(=O)c3ccccc23)cc1. The molecule has 0 aliphatic heterocycles. The summed E-state index contributed by atoms with van der Waals surface area (Å²) >= 11 is 0. The molecule has 0 radical (unpaired) electrons. The first kappa shape index (κ1) is 31.5. The number of methoxy groups -OCH3 is 1. The van der Waals surface area contributed by atoms with Gasteiger partial charge in [0.25, 0.3) is 21.3 Å². The Labute approximate surface area is 258 Å². The van der Waals surface area contributed by atoms with Gasteiger partial charge in [0.2, 0.25) is 5.88 Å². The first-order chi connectivity index (χ1) is 21.8. The first-order valence-electron chi connectivity index (χ1n) is 13.1. The van der Waals surface area contributed by atoms with Crippen molar-refractivity contribution in [3.63, 3.8) is 0 Å². The molecule has 5 aromatic rings. The number of hydrazone groups is 1. The van der Waals surface area contributed by atoms with Crippen LogP contribution in [-0.2, 0) is 16.2 Å². The highest BCUT2D eigenvalue weighted by atomic mass is 32.2. The second-order valence-corrected chi connectivity index (χ2v) is 11.3. The summed E-state index contributed by atoms with van der Waals surface area (Å²) in [4.78, 5) is 23.4. The number of hydrogen-bond acceptors (Lipinski definition) is 9. The number of aromatic hydroxyl groups is 1. The Hall–Kier alpha value is -5.90. The highest BCUT2D eigenvalue weighted by molar-refractivity contribution is 7.92. The number of sulfonamides is 1. The number of nitrogens with one attached hydrogen (secondary N) is 2. The van der Waals surface area contributed by atoms with Crippen molar-refractivity contribution in [2.45, 2.75) is 11.1 Å². The van der Waals surface area contributed by atoms with Crippen LogP contribution in [0.3, 0.4) is 0 Å². The van der Waals surface area contributed by atoms with Gasteiger partial charge in [-0.25, -0.2) is 13.0 Å². The summed E-state index contributed by atoms with van der Waals surface area (Å²) in [5, 5.41) is 26.9. The standard InChI is InChI=1S/C30H22F3N5O7S/c1-45-22-12-9-19(10-13-22)36-46(43,44)27-16-21(38(41)42)11-14-26(27)35-34-17-25-23-7-2-3-8-24(23)28(39)37(29(25)40)20-6-4-5-18(15-20)30(31,32)33/h2-17,35-36,40H,1H3/b34-17+. The number of alkyl halides is 3. The maximum atomic E-state index is 13.4. The molecular weight excluding hydrogens is 631 g/mol. The van der Waals surface area contributed by atoms with Gasteiger partial charge in [-0.2, -0.15) is 18.3 Å². The maximum Gasteiger partial charge on any atom is 0.416 e. The molecule has 0 unspecified atom stereocenters. The number of rotatable bonds is 9. The largest absolute Gasteiger partial charge is 0.497 e. The maximum absolute atomic E-state index is 13.4. The quantitative estimate of drug-likeness (QED) is 0.101. The number of hydrogen-bond donors (Lipinski definition) is 3. The van der Waals surface area contributed by atoms with Crippen LogP contribution in [-0.4, -0.2) is 36.3 Å². The van der Waals surface area contributed by atoms with E-state index in [4.69, 9.17) is 4.74 Å². The molecule has 1 heterocycles. The van der Waals surface area contributed by atoms with Crippen molar-refractivity contribution in [1.29, 1.82) is 0 Å². The minimum absolute atomic E-state index is 0.0430. The van der Waals surface area contributed by atoms with E-state index in [1.54, 1.807) is 6.07 Å². The van der Waals surface area contributed by atoms with Gasteiger partial charge in [-0.1, -0.05) is 24.3 Å². The second-order valence-electron chi connectivity index (χ2n) is 9.61. The monoisotopic (exact) mass is 653 g/mol. The fourth-order valence-electron chi connectivity index (χ4n) is 4.52. The van der Waals surface area contributed by atoms with Gasteiger partial charge in [0.15, 0.2) is 0 Å². The lowest BCUT2D eigenvalue weighted by Crippen LogP contribution is -2.20. The van der Waals surface area contributed by atoms with Crippen LogP contribution >= 0.6 is 0 Å². The third-order valence-corrected chi connectivity index (χ3v) is 8.14. The Bertz CT molecular complexity index is 2170.